The lowest BCUT2D eigenvalue weighted by Gasteiger charge is -2.32. The summed E-state index contributed by atoms with van der Waals surface area (Å²) in [7, 11) is 0. The highest BCUT2D eigenvalue weighted by Crippen LogP contribution is 2.30. The van der Waals surface area contributed by atoms with E-state index in [4.69, 9.17) is 5.73 Å². The first-order valence-corrected chi connectivity index (χ1v) is 9.45. The third-order valence-electron chi connectivity index (χ3n) is 5.69. The fourth-order valence-electron chi connectivity index (χ4n) is 4.25. The van der Waals surface area contributed by atoms with Crippen LogP contribution in [-0.4, -0.2) is 47.4 Å². The van der Waals surface area contributed by atoms with Crippen molar-refractivity contribution in [1.29, 1.82) is 0 Å². The van der Waals surface area contributed by atoms with E-state index >= 15 is 0 Å². The van der Waals surface area contributed by atoms with Crippen LogP contribution < -0.4 is 5.73 Å². The fraction of sp³-hybridized carbons (Fsp3) is 0.650. The molecule has 1 unspecified atom stereocenters. The fourth-order valence-corrected chi connectivity index (χ4v) is 4.25. The molecule has 3 rings (SSSR count). The largest absolute Gasteiger partial charge is 0.341 e. The normalized spacial score (nSPS) is 23.5. The molecule has 0 spiro atoms. The zero-order chi connectivity index (χ0) is 17.0. The molecular weight excluding hydrogens is 298 g/mol. The minimum atomic E-state index is -0.585. The van der Waals surface area contributed by atoms with Crippen molar-refractivity contribution in [3.63, 3.8) is 0 Å². The molecule has 4 nitrogen and oxygen atoms in total. The summed E-state index contributed by atoms with van der Waals surface area (Å²) in [5.41, 5.74) is 7.17. The van der Waals surface area contributed by atoms with Crippen molar-refractivity contribution in [2.45, 2.75) is 51.1 Å². The predicted octanol–water partition coefficient (Wildman–Crippen LogP) is 2.63. The average Bonchev–Trinajstić information content (AvgIpc) is 3.23. The number of amides is 1. The topological polar surface area (TPSA) is 49.6 Å². The van der Waals surface area contributed by atoms with E-state index in [-0.39, 0.29) is 5.91 Å². The smallest absolute Gasteiger partial charge is 0.242 e. The lowest BCUT2D eigenvalue weighted by atomic mass is 9.96. The number of hydrogen-bond donors (Lipinski definition) is 1. The van der Waals surface area contributed by atoms with Gasteiger partial charge in [-0.05, 0) is 44.2 Å². The zero-order valence-corrected chi connectivity index (χ0v) is 14.9. The average molecular weight is 329 g/mol. The molecule has 2 aliphatic rings. The first-order chi connectivity index (χ1) is 11.6. The van der Waals surface area contributed by atoms with Crippen molar-refractivity contribution in [1.82, 2.24) is 9.80 Å². The Kier molecular flexibility index (Phi) is 5.57. The molecule has 4 heteroatoms. The molecule has 24 heavy (non-hydrogen) atoms. The zero-order valence-electron chi connectivity index (χ0n) is 14.9. The molecule has 1 atom stereocenters. The maximum atomic E-state index is 12.8. The van der Waals surface area contributed by atoms with E-state index in [0.29, 0.717) is 5.92 Å². The molecule has 1 aliphatic heterocycles. The summed E-state index contributed by atoms with van der Waals surface area (Å²) in [4.78, 5) is 17.4. The van der Waals surface area contributed by atoms with Crippen molar-refractivity contribution < 1.29 is 4.79 Å². The van der Waals surface area contributed by atoms with Crippen LogP contribution in [0.3, 0.4) is 0 Å². The van der Waals surface area contributed by atoms with Crippen LogP contribution in [0.5, 0.6) is 0 Å². The molecule has 1 saturated carbocycles. The second-order valence-corrected chi connectivity index (χ2v) is 7.58. The van der Waals surface area contributed by atoms with Gasteiger partial charge in [-0.2, -0.15) is 0 Å². The molecule has 1 aromatic carbocycles. The van der Waals surface area contributed by atoms with E-state index in [1.165, 1.54) is 12.0 Å². The Bertz CT molecular complexity index is 539. The number of likely N-dealkylation sites (tertiary alicyclic amines) is 1. The third-order valence-corrected chi connectivity index (χ3v) is 5.69. The van der Waals surface area contributed by atoms with Crippen LogP contribution >= 0.6 is 0 Å². The summed E-state index contributed by atoms with van der Waals surface area (Å²) in [6, 6.07) is 10.6. The van der Waals surface area contributed by atoms with Gasteiger partial charge < -0.3 is 10.6 Å². The Labute approximate surface area is 146 Å². The Morgan fingerprint density at radius 2 is 2.00 bits per heavy atom. The molecule has 1 aromatic rings. The standard InChI is InChI=1S/C20H31N3O/c1-2-23(19(24)20(21)11-6-7-12-20)16-18-10-13-22(15-18)14-17-8-4-3-5-9-17/h3-5,8-9,18H,2,6-7,10-16,21H2,1H3. The van der Waals surface area contributed by atoms with Gasteiger partial charge in [-0.15, -0.1) is 0 Å². The first-order valence-electron chi connectivity index (χ1n) is 9.45. The van der Waals surface area contributed by atoms with Gasteiger partial charge in [-0.1, -0.05) is 43.2 Å². The highest BCUT2D eigenvalue weighted by atomic mass is 16.2. The molecule has 2 fully saturated rings. The summed E-state index contributed by atoms with van der Waals surface area (Å²) in [6.07, 6.45) is 5.07. The number of hydrogen-bond acceptors (Lipinski definition) is 3. The lowest BCUT2D eigenvalue weighted by molar-refractivity contribution is -0.137. The summed E-state index contributed by atoms with van der Waals surface area (Å²) >= 11 is 0. The van der Waals surface area contributed by atoms with E-state index < -0.39 is 5.54 Å². The van der Waals surface area contributed by atoms with Gasteiger partial charge in [0.2, 0.25) is 5.91 Å². The number of likely N-dealkylation sites (N-methyl/N-ethyl adjacent to an activating group) is 1. The van der Waals surface area contributed by atoms with E-state index in [9.17, 15) is 4.79 Å². The van der Waals surface area contributed by atoms with Crippen molar-refractivity contribution in [2.75, 3.05) is 26.2 Å². The van der Waals surface area contributed by atoms with E-state index in [1.54, 1.807) is 0 Å². The highest BCUT2D eigenvalue weighted by Gasteiger charge is 2.40. The van der Waals surface area contributed by atoms with Gasteiger partial charge in [0, 0.05) is 26.2 Å². The van der Waals surface area contributed by atoms with Gasteiger partial charge in [-0.3, -0.25) is 9.69 Å². The quantitative estimate of drug-likeness (QED) is 0.873. The SMILES string of the molecule is CCN(CC1CCN(Cc2ccccc2)C1)C(=O)C1(N)CCCC1. The molecule has 2 N–H and O–H groups in total. The molecule has 1 saturated heterocycles. The Morgan fingerprint density at radius 1 is 1.29 bits per heavy atom. The number of rotatable bonds is 6. The second kappa shape index (κ2) is 7.66. The first kappa shape index (κ1) is 17.4. The van der Waals surface area contributed by atoms with Crippen LogP contribution in [0.4, 0.5) is 0 Å². The predicted molar refractivity (Wildman–Crippen MR) is 97.5 cm³/mol. The van der Waals surface area contributed by atoms with Gasteiger partial charge >= 0.3 is 0 Å². The van der Waals surface area contributed by atoms with Crippen LogP contribution in [0, 0.1) is 5.92 Å². The summed E-state index contributed by atoms with van der Waals surface area (Å²) < 4.78 is 0. The molecular formula is C20H31N3O. The van der Waals surface area contributed by atoms with Crippen molar-refractivity contribution >= 4 is 5.91 Å². The molecule has 1 heterocycles. The van der Waals surface area contributed by atoms with E-state index in [2.05, 4.69) is 42.2 Å². The van der Waals surface area contributed by atoms with Crippen LogP contribution in [0.1, 0.15) is 44.6 Å². The number of benzene rings is 1. The molecule has 0 aromatic heterocycles. The van der Waals surface area contributed by atoms with Gasteiger partial charge in [-0.25, -0.2) is 0 Å². The van der Waals surface area contributed by atoms with E-state index in [0.717, 1.165) is 58.4 Å². The summed E-state index contributed by atoms with van der Waals surface area (Å²) in [5.74, 6) is 0.756. The van der Waals surface area contributed by atoms with Crippen LogP contribution in [-0.2, 0) is 11.3 Å². The van der Waals surface area contributed by atoms with Gasteiger partial charge in [0.15, 0.2) is 0 Å². The van der Waals surface area contributed by atoms with Crippen molar-refractivity contribution in [2.24, 2.45) is 11.7 Å². The van der Waals surface area contributed by atoms with Gasteiger partial charge in [0.1, 0.15) is 0 Å². The molecule has 1 amide bonds. The molecule has 0 radical (unpaired) electrons. The Morgan fingerprint density at radius 3 is 2.67 bits per heavy atom. The molecule has 0 bridgehead atoms. The summed E-state index contributed by atoms with van der Waals surface area (Å²) in [6.45, 7) is 6.92. The molecule has 132 valence electrons. The minimum absolute atomic E-state index is 0.184. The third kappa shape index (κ3) is 3.98. The van der Waals surface area contributed by atoms with Crippen LogP contribution in [0.15, 0.2) is 30.3 Å². The van der Waals surface area contributed by atoms with Crippen LogP contribution in [0.2, 0.25) is 0 Å². The minimum Gasteiger partial charge on any atom is -0.341 e. The lowest BCUT2D eigenvalue weighted by Crippen LogP contribution is -2.54. The number of carbonyl (C=O) groups excluding carboxylic acids is 1. The number of nitrogens with two attached hydrogens (primary N) is 1. The monoisotopic (exact) mass is 329 g/mol. The number of nitrogens with zero attached hydrogens (tertiary/aromatic N) is 2. The Hall–Kier alpha value is -1.39. The van der Waals surface area contributed by atoms with E-state index in [1.807, 2.05) is 4.90 Å². The molecule has 1 aliphatic carbocycles. The summed E-state index contributed by atoms with van der Waals surface area (Å²) in [5, 5.41) is 0. The van der Waals surface area contributed by atoms with Crippen LogP contribution in [0.25, 0.3) is 0 Å². The van der Waals surface area contributed by atoms with Gasteiger partial charge in [0.25, 0.3) is 0 Å². The van der Waals surface area contributed by atoms with Crippen molar-refractivity contribution in [3.8, 4) is 0 Å². The Balaban J connectivity index is 1.52. The maximum absolute atomic E-state index is 12.8. The maximum Gasteiger partial charge on any atom is 0.242 e. The highest BCUT2D eigenvalue weighted by molar-refractivity contribution is 5.86. The van der Waals surface area contributed by atoms with Gasteiger partial charge in [0.05, 0.1) is 5.54 Å². The van der Waals surface area contributed by atoms with Crippen molar-refractivity contribution in [3.05, 3.63) is 35.9 Å². The second-order valence-electron chi connectivity index (χ2n) is 7.58. The number of carbonyl (C=O) groups is 1.